The topological polar surface area (TPSA) is 498 Å². The van der Waals surface area contributed by atoms with Gasteiger partial charge in [0.1, 0.15) is 66.2 Å². The van der Waals surface area contributed by atoms with Gasteiger partial charge in [-0.2, -0.15) is 0 Å². The number of fused-ring (bicyclic) bond motifs is 1. The van der Waals surface area contributed by atoms with E-state index in [4.69, 9.17) is 34.5 Å². The highest BCUT2D eigenvalue weighted by Crippen LogP contribution is 2.22. The Morgan fingerprint density at radius 1 is 0.569 bits per heavy atom. The van der Waals surface area contributed by atoms with Crippen LogP contribution in [0.15, 0.2) is 121 Å². The van der Waals surface area contributed by atoms with Crippen molar-refractivity contribution in [1.29, 1.82) is 0 Å². The molecule has 1 aliphatic rings. The van der Waals surface area contributed by atoms with Gasteiger partial charge in [0.25, 0.3) is 0 Å². The van der Waals surface area contributed by atoms with Crippen LogP contribution in [0.3, 0.4) is 0 Å². The van der Waals surface area contributed by atoms with Crippen molar-refractivity contribution in [1.82, 2.24) is 63.1 Å². The van der Waals surface area contributed by atoms with E-state index in [-0.39, 0.29) is 101 Å². The number of amides is 13. The number of nitrogens with one attached hydrogen (secondary N) is 10. The van der Waals surface area contributed by atoms with Gasteiger partial charge in [-0.3, -0.25) is 62.7 Å². The smallest absolute Gasteiger partial charge is 0.312 e. The van der Waals surface area contributed by atoms with Crippen LogP contribution in [0.4, 0.5) is 4.79 Å². The number of pyridine rings is 1. The lowest BCUT2D eigenvalue weighted by Crippen LogP contribution is -2.61. The van der Waals surface area contributed by atoms with Gasteiger partial charge < -0.3 is 91.2 Å². The van der Waals surface area contributed by atoms with Crippen LogP contribution < -0.4 is 76.1 Å². The normalized spacial score (nSPS) is 15.2. The molecule has 1 aliphatic heterocycles. The van der Waals surface area contributed by atoms with Crippen LogP contribution >= 0.6 is 11.6 Å². The third-order valence-corrected chi connectivity index (χ3v) is 16.9. The zero-order chi connectivity index (χ0) is 74.6. The third kappa shape index (κ3) is 26.0. The van der Waals surface area contributed by atoms with Crippen molar-refractivity contribution in [3.63, 3.8) is 0 Å². The Morgan fingerprint density at radius 3 is 1.63 bits per heavy atom. The van der Waals surface area contributed by atoms with Crippen LogP contribution in [0.2, 0.25) is 5.02 Å². The highest BCUT2D eigenvalue weighted by atomic mass is 35.5. The minimum Gasteiger partial charge on any atom is -0.508 e. The number of rotatable bonds is 38. The second-order valence-electron chi connectivity index (χ2n) is 25.4. The van der Waals surface area contributed by atoms with Gasteiger partial charge in [-0.25, -0.2) is 4.79 Å². The van der Waals surface area contributed by atoms with E-state index in [1.807, 2.05) is 42.5 Å². The number of aromatic nitrogens is 1. The molecule has 0 bridgehead atoms. The molecule has 0 unspecified atom stereocenters. The number of benzene rings is 4. The number of nitrogens with two attached hydrogens (primary N) is 4. The molecule has 1 fully saturated rings. The van der Waals surface area contributed by atoms with E-state index < -0.39 is 138 Å². The minimum absolute atomic E-state index is 0.000209. The number of nitrogens with zero attached hydrogens (tertiary/aromatic N) is 3. The first-order valence-electron chi connectivity index (χ1n) is 33.5. The molecule has 5 aromatic rings. The molecule has 32 heteroatoms. The second kappa shape index (κ2) is 39.7. The lowest BCUT2D eigenvalue weighted by Gasteiger charge is -2.31. The summed E-state index contributed by atoms with van der Waals surface area (Å²) in [6.45, 7) is 5.15. The summed E-state index contributed by atoms with van der Waals surface area (Å²) in [5, 5.41) is 49.5. The minimum atomic E-state index is -1.85. The Hall–Kier alpha value is -10.9. The van der Waals surface area contributed by atoms with E-state index in [0.29, 0.717) is 33.7 Å². The molecule has 102 heavy (non-hydrogen) atoms. The molecule has 1 saturated heterocycles. The predicted molar refractivity (Wildman–Crippen MR) is 378 cm³/mol. The van der Waals surface area contributed by atoms with Gasteiger partial charge >= 0.3 is 6.03 Å². The van der Waals surface area contributed by atoms with E-state index in [9.17, 15) is 67.7 Å². The maximum absolute atomic E-state index is 14.9. The number of primary amides is 2. The van der Waals surface area contributed by atoms with Gasteiger partial charge in [-0.15, -0.1) is 0 Å². The summed E-state index contributed by atoms with van der Waals surface area (Å²) >= 11 is 6.23. The second-order valence-corrected chi connectivity index (χ2v) is 25.8. The summed E-state index contributed by atoms with van der Waals surface area (Å²) in [4.78, 5) is 176. The van der Waals surface area contributed by atoms with Crippen molar-refractivity contribution in [3.05, 3.63) is 143 Å². The summed E-state index contributed by atoms with van der Waals surface area (Å²) in [6.07, 6.45) is 2.70. The molecule has 548 valence electrons. The number of aliphatic imine (C=N–C) groups is 1. The fourth-order valence-electron chi connectivity index (χ4n) is 11.4. The average Bonchev–Trinajstić information content (AvgIpc) is 1.13. The summed E-state index contributed by atoms with van der Waals surface area (Å²) < 4.78 is 0. The Kier molecular flexibility index (Phi) is 31.2. The van der Waals surface area contributed by atoms with Crippen molar-refractivity contribution in [2.75, 3.05) is 26.2 Å². The molecule has 0 saturated carbocycles. The molecule has 10 atom stereocenters. The molecule has 4 aromatic carbocycles. The summed E-state index contributed by atoms with van der Waals surface area (Å²) in [5.74, 6) is -9.82. The number of carbonyl (C=O) groups excluding carboxylic acids is 12. The van der Waals surface area contributed by atoms with Gasteiger partial charge in [-0.05, 0) is 121 Å². The molecule has 0 aliphatic carbocycles. The first-order valence-corrected chi connectivity index (χ1v) is 33.8. The zero-order valence-corrected chi connectivity index (χ0v) is 58.0. The SMILES string of the molecule is CC(=O)N[C@H](Cc1ccc2ccccc2c1)C(=O)N[C@H](Cc1ccc(Cl)cc1)C(=O)N[C@H](Cc1cccnc1)C(=O)N[C@@H](CO)C(=O)N[C@H](Cc1ccc(O)cc1)C(=O)N[C@H](CCCNC(N)=O)C(=O)N[C@@H](CC(C)C)C(=O)N[C@@H](CCCN=C(N)N)C(=O)N1CCC[C@H]1C(=O)N[C@H](C)C(N)=O. The zero-order valence-electron chi connectivity index (χ0n) is 57.2. The number of hydrogen-bond donors (Lipinski definition) is 16. The Labute approximate surface area is 595 Å². The number of hydrogen-bond acceptors (Lipinski definition) is 16. The fraction of sp³-hybridized carbons (Fsp3) is 0.429. The quantitative estimate of drug-likeness (QED) is 0.0132. The van der Waals surface area contributed by atoms with E-state index in [1.54, 1.807) is 50.2 Å². The van der Waals surface area contributed by atoms with Gasteiger partial charge in [0.05, 0.1) is 6.61 Å². The van der Waals surface area contributed by atoms with Crippen LogP contribution in [-0.4, -0.2) is 184 Å². The molecule has 6 rings (SSSR count). The number of guanidine groups is 1. The number of aliphatic hydroxyl groups excluding tert-OH is 1. The highest BCUT2D eigenvalue weighted by Gasteiger charge is 2.40. The Balaban J connectivity index is 1.26. The predicted octanol–water partition coefficient (Wildman–Crippen LogP) is -0.716. The molecule has 1 aromatic heterocycles. The average molecular weight is 1430 g/mol. The number of phenols is 1. The van der Waals surface area contributed by atoms with Crippen LogP contribution in [0.1, 0.15) is 94.9 Å². The number of likely N-dealkylation sites (tertiary alicyclic amines) is 1. The molecule has 2 heterocycles. The monoisotopic (exact) mass is 1430 g/mol. The molecule has 0 spiro atoms. The van der Waals surface area contributed by atoms with Gasteiger partial charge in [0.2, 0.25) is 65.0 Å². The first kappa shape index (κ1) is 80.0. The van der Waals surface area contributed by atoms with Crippen molar-refractivity contribution >= 4 is 99.3 Å². The molecular weight excluding hydrogens is 1340 g/mol. The van der Waals surface area contributed by atoms with Crippen molar-refractivity contribution in [2.45, 2.75) is 159 Å². The number of halogens is 1. The number of carbonyl (C=O) groups is 12. The maximum Gasteiger partial charge on any atom is 0.312 e. The van der Waals surface area contributed by atoms with Crippen molar-refractivity contribution in [3.8, 4) is 5.75 Å². The molecular formula is C70H92ClN17O14. The first-order chi connectivity index (χ1) is 48.6. The van der Waals surface area contributed by atoms with Crippen LogP contribution in [-0.2, 0) is 78.4 Å². The van der Waals surface area contributed by atoms with Crippen molar-refractivity contribution in [2.24, 2.45) is 33.8 Å². The van der Waals surface area contributed by atoms with Crippen LogP contribution in [0.5, 0.6) is 5.75 Å². The number of phenolic OH excluding ortho intramolecular Hbond substituents is 1. The van der Waals surface area contributed by atoms with Crippen molar-refractivity contribution < 1.29 is 67.7 Å². The Morgan fingerprint density at radius 2 is 1.07 bits per heavy atom. The highest BCUT2D eigenvalue weighted by molar-refractivity contribution is 6.30. The molecule has 13 amide bonds. The van der Waals surface area contributed by atoms with E-state index in [1.165, 1.54) is 55.4 Å². The molecule has 0 radical (unpaired) electrons. The summed E-state index contributed by atoms with van der Waals surface area (Å²) in [6, 6.07) is 13.5. The van der Waals surface area contributed by atoms with Crippen LogP contribution in [0, 0.1) is 5.92 Å². The fourth-order valence-corrected chi connectivity index (χ4v) is 11.5. The van der Waals surface area contributed by atoms with E-state index in [2.05, 4.69) is 63.1 Å². The number of urea groups is 1. The summed E-state index contributed by atoms with van der Waals surface area (Å²) in [5.41, 5.74) is 23.9. The summed E-state index contributed by atoms with van der Waals surface area (Å²) in [7, 11) is 0. The van der Waals surface area contributed by atoms with E-state index in [0.717, 1.165) is 10.8 Å². The van der Waals surface area contributed by atoms with E-state index >= 15 is 0 Å². The number of aromatic hydroxyl groups is 1. The lowest BCUT2D eigenvalue weighted by molar-refractivity contribution is -0.142. The van der Waals surface area contributed by atoms with Gasteiger partial charge in [0, 0.05) is 69.7 Å². The molecule has 31 nitrogen and oxygen atoms in total. The standard InChI is InChI=1S/C70H92ClN17O14/c1-39(2)31-52(61(94)82-51(15-9-28-77-69(73)74)68(101)88-30-10-16-58(88)67(100)79-40(3)59(72)92)83-60(93)50(14-8-29-78-70(75)102)81-63(96)54(34-43-20-25-49(91)26-21-43)86-66(99)57(38-89)87-65(98)56(36-45-11-7-27-76-37-45)85-64(97)55(33-42-18-23-48(71)24-19-42)84-62(95)53(80-41(4)90)35-44-17-22-46-12-5-6-13-47(46)32-44/h5-7,11-13,17-27,32,37,39-40,50-58,89,91H,8-10,14-16,28-31,33-36,38H2,1-4H3,(H2,72,92)(H,79,100)(H,80,90)(H,81,96)(H,82,94)(H,83,93)(H,84,95)(H,85,97)(H,86,99)(H,87,98)(H4,73,74,77)(H3,75,78,102)/t40-,50-,51+,52+,53-,54-,55-,56-,57+,58+/m1/s1. The molecule has 20 N–H and O–H groups in total. The third-order valence-electron chi connectivity index (χ3n) is 16.7. The van der Waals surface area contributed by atoms with Crippen LogP contribution in [0.25, 0.3) is 10.8 Å². The lowest BCUT2D eigenvalue weighted by atomic mass is 9.99. The largest absolute Gasteiger partial charge is 0.508 e. The Bertz CT molecular complexity index is 3770. The van der Waals surface area contributed by atoms with Gasteiger partial charge in [0.15, 0.2) is 5.96 Å². The number of aliphatic hydroxyl groups is 1. The van der Waals surface area contributed by atoms with Gasteiger partial charge in [-0.1, -0.05) is 98.2 Å². The maximum atomic E-state index is 14.9.